The van der Waals surface area contributed by atoms with Gasteiger partial charge in [0.2, 0.25) is 5.91 Å². The molecule has 1 saturated heterocycles. The number of thioether (sulfide) groups is 1. The van der Waals surface area contributed by atoms with Crippen LogP contribution in [0.5, 0.6) is 5.75 Å². The van der Waals surface area contributed by atoms with Crippen molar-refractivity contribution in [3.8, 4) is 5.75 Å². The Bertz CT molecular complexity index is 598. The van der Waals surface area contributed by atoms with E-state index in [0.717, 1.165) is 0 Å². The van der Waals surface area contributed by atoms with Crippen molar-refractivity contribution in [2.75, 3.05) is 0 Å². The van der Waals surface area contributed by atoms with Crippen molar-refractivity contribution in [3.05, 3.63) is 40.1 Å². The molecule has 0 radical (unpaired) electrons. The number of carboxylic acids is 1. The van der Waals surface area contributed by atoms with Crippen molar-refractivity contribution < 1.29 is 19.4 Å². The molecular weight excluding hydrogens is 290 g/mol. The summed E-state index contributed by atoms with van der Waals surface area (Å²) < 4.78 is 5.54. The van der Waals surface area contributed by atoms with Crippen LogP contribution in [0.3, 0.4) is 0 Å². The molecule has 0 spiro atoms. The van der Waals surface area contributed by atoms with Crippen LogP contribution < -0.4 is 4.74 Å². The summed E-state index contributed by atoms with van der Waals surface area (Å²) in [6.45, 7) is 0. The van der Waals surface area contributed by atoms with E-state index in [4.69, 9.17) is 16.3 Å². The fraction of sp³-hybridized carbons (Fsp3) is 0.167. The third kappa shape index (κ3) is 2.06. The van der Waals surface area contributed by atoms with E-state index < -0.39 is 5.97 Å². The van der Waals surface area contributed by atoms with Crippen LogP contribution in [0.25, 0.3) is 0 Å². The zero-order valence-corrected chi connectivity index (χ0v) is 11.1. The maximum absolute atomic E-state index is 11.4. The lowest BCUT2D eigenvalue weighted by atomic mass is 10.2. The predicted octanol–water partition coefficient (Wildman–Crippen LogP) is 2.28. The van der Waals surface area contributed by atoms with Crippen LogP contribution in [0, 0.1) is 0 Å². The highest BCUT2D eigenvalue weighted by molar-refractivity contribution is 8.03. The Labute approximate surface area is 117 Å². The van der Waals surface area contributed by atoms with Gasteiger partial charge in [-0.15, -0.1) is 0 Å². The summed E-state index contributed by atoms with van der Waals surface area (Å²) in [5.41, 5.74) is -0.0822. The molecule has 3 rings (SSSR count). The molecule has 0 bridgehead atoms. The molecule has 1 fully saturated rings. The van der Waals surface area contributed by atoms with Gasteiger partial charge < -0.3 is 9.84 Å². The monoisotopic (exact) mass is 297 g/mol. The Morgan fingerprint density at radius 3 is 2.68 bits per heavy atom. The summed E-state index contributed by atoms with van der Waals surface area (Å²) in [6.07, 6.45) is 0.342. The third-order valence-electron chi connectivity index (χ3n) is 2.81. The highest BCUT2D eigenvalue weighted by Gasteiger charge is 2.49. The maximum atomic E-state index is 11.4. The topological polar surface area (TPSA) is 66.8 Å². The molecule has 0 aliphatic carbocycles. The van der Waals surface area contributed by atoms with Crippen LogP contribution in [0.15, 0.2) is 35.1 Å². The lowest BCUT2D eigenvalue weighted by molar-refractivity contribution is -0.145. The summed E-state index contributed by atoms with van der Waals surface area (Å²) in [7, 11) is 0. The molecule has 5 nitrogen and oxygen atoms in total. The standard InChI is InChI=1S/C12H8ClNO4S/c13-6-1-3-7(4-2-6)18-12-10(11(16)17)14-8(15)5-9(14)19-12/h1-4,9H,5H2,(H,16,17). The van der Waals surface area contributed by atoms with E-state index in [1.165, 1.54) is 16.7 Å². The summed E-state index contributed by atoms with van der Waals surface area (Å²) in [6, 6.07) is 6.59. The van der Waals surface area contributed by atoms with E-state index in [-0.39, 0.29) is 22.1 Å². The van der Waals surface area contributed by atoms with Gasteiger partial charge in [0.05, 0.1) is 11.8 Å². The molecule has 1 unspecified atom stereocenters. The van der Waals surface area contributed by atoms with Crippen LogP contribution in [-0.4, -0.2) is 27.3 Å². The minimum Gasteiger partial charge on any atom is -0.476 e. The van der Waals surface area contributed by atoms with Gasteiger partial charge in [-0.05, 0) is 24.3 Å². The van der Waals surface area contributed by atoms with Crippen LogP contribution in [-0.2, 0) is 9.59 Å². The molecule has 1 N–H and O–H groups in total. The summed E-state index contributed by atoms with van der Waals surface area (Å²) in [4.78, 5) is 23.9. The summed E-state index contributed by atoms with van der Waals surface area (Å²) in [5.74, 6) is -0.864. The number of β-lactam (4-membered cyclic amide) rings is 1. The highest BCUT2D eigenvalue weighted by atomic mass is 35.5. The fourth-order valence-corrected chi connectivity index (χ4v) is 3.27. The van der Waals surface area contributed by atoms with Crippen molar-refractivity contribution in [1.29, 1.82) is 0 Å². The Hall–Kier alpha value is -1.66. The molecule has 19 heavy (non-hydrogen) atoms. The fourth-order valence-electron chi connectivity index (χ4n) is 1.90. The van der Waals surface area contributed by atoms with Gasteiger partial charge in [0.25, 0.3) is 0 Å². The number of rotatable bonds is 3. The molecule has 1 aromatic carbocycles. The number of hydrogen-bond acceptors (Lipinski definition) is 4. The second-order valence-electron chi connectivity index (χ2n) is 4.04. The van der Waals surface area contributed by atoms with Crippen molar-refractivity contribution in [2.45, 2.75) is 11.8 Å². The molecular formula is C12H8ClNO4S. The number of carbonyl (C=O) groups excluding carboxylic acids is 1. The minimum atomic E-state index is -1.16. The maximum Gasteiger partial charge on any atom is 0.357 e. The summed E-state index contributed by atoms with van der Waals surface area (Å²) in [5, 5.41) is 9.84. The van der Waals surface area contributed by atoms with Crippen molar-refractivity contribution in [3.63, 3.8) is 0 Å². The molecule has 98 valence electrons. The Balaban J connectivity index is 1.89. The van der Waals surface area contributed by atoms with Gasteiger partial charge in [0.15, 0.2) is 10.8 Å². The van der Waals surface area contributed by atoms with Crippen molar-refractivity contribution in [1.82, 2.24) is 4.90 Å². The minimum absolute atomic E-state index is 0.0822. The first kappa shape index (κ1) is 12.4. The third-order valence-corrected chi connectivity index (χ3v) is 4.20. The van der Waals surface area contributed by atoms with Gasteiger partial charge in [0, 0.05) is 5.02 Å². The Kier molecular flexibility index (Phi) is 2.91. The highest BCUT2D eigenvalue weighted by Crippen LogP contribution is 2.46. The van der Waals surface area contributed by atoms with E-state index >= 15 is 0 Å². The molecule has 7 heteroatoms. The van der Waals surface area contributed by atoms with E-state index in [0.29, 0.717) is 17.2 Å². The first-order chi connectivity index (χ1) is 9.06. The average Bonchev–Trinajstić information content (AvgIpc) is 2.65. The normalized spacial score (nSPS) is 21.2. The first-order valence-corrected chi connectivity index (χ1v) is 6.72. The van der Waals surface area contributed by atoms with E-state index in [1.807, 2.05) is 0 Å². The van der Waals surface area contributed by atoms with Gasteiger partial charge in [-0.1, -0.05) is 23.4 Å². The van der Waals surface area contributed by atoms with Gasteiger partial charge >= 0.3 is 5.97 Å². The Morgan fingerprint density at radius 2 is 2.11 bits per heavy atom. The number of hydrogen-bond donors (Lipinski definition) is 1. The number of ether oxygens (including phenoxy) is 1. The number of halogens is 1. The SMILES string of the molecule is O=C(O)C1=C(Oc2ccc(Cl)cc2)SC2CC(=O)N12. The quantitative estimate of drug-likeness (QED) is 0.867. The number of fused-ring (bicyclic) bond motifs is 1. The zero-order chi connectivity index (χ0) is 13.6. The summed E-state index contributed by atoms with van der Waals surface area (Å²) >= 11 is 7.01. The molecule has 2 aliphatic rings. The van der Waals surface area contributed by atoms with E-state index in [9.17, 15) is 14.7 Å². The number of amides is 1. The lowest BCUT2D eigenvalue weighted by Gasteiger charge is -2.33. The largest absolute Gasteiger partial charge is 0.476 e. The van der Waals surface area contributed by atoms with Crippen LogP contribution in [0.2, 0.25) is 5.02 Å². The smallest absolute Gasteiger partial charge is 0.357 e. The molecule has 0 saturated carbocycles. The molecule has 1 atom stereocenters. The van der Waals surface area contributed by atoms with Crippen LogP contribution in [0.1, 0.15) is 6.42 Å². The van der Waals surface area contributed by atoms with Gasteiger partial charge in [-0.3, -0.25) is 9.69 Å². The zero-order valence-electron chi connectivity index (χ0n) is 9.50. The van der Waals surface area contributed by atoms with Crippen LogP contribution in [0.4, 0.5) is 0 Å². The second-order valence-corrected chi connectivity index (χ2v) is 5.62. The molecule has 0 aromatic heterocycles. The van der Waals surface area contributed by atoms with Gasteiger partial charge in [-0.2, -0.15) is 0 Å². The Morgan fingerprint density at radius 1 is 1.42 bits per heavy atom. The first-order valence-electron chi connectivity index (χ1n) is 5.46. The molecule has 1 amide bonds. The average molecular weight is 298 g/mol. The number of nitrogens with zero attached hydrogens (tertiary/aromatic N) is 1. The lowest BCUT2D eigenvalue weighted by Crippen LogP contribution is -2.48. The molecule has 2 heterocycles. The number of benzene rings is 1. The molecule has 2 aliphatic heterocycles. The second kappa shape index (κ2) is 4.47. The van der Waals surface area contributed by atoms with Crippen molar-refractivity contribution >= 4 is 35.2 Å². The number of aliphatic carboxylic acids is 1. The van der Waals surface area contributed by atoms with Crippen LogP contribution >= 0.6 is 23.4 Å². The van der Waals surface area contributed by atoms with Gasteiger partial charge in [-0.25, -0.2) is 4.79 Å². The van der Waals surface area contributed by atoms with Gasteiger partial charge in [0.1, 0.15) is 5.75 Å². The van der Waals surface area contributed by atoms with Crippen molar-refractivity contribution in [2.24, 2.45) is 0 Å². The van der Waals surface area contributed by atoms with E-state index in [1.54, 1.807) is 24.3 Å². The van der Waals surface area contributed by atoms with E-state index in [2.05, 4.69) is 0 Å². The molecule has 1 aromatic rings. The number of carboxylic acid groups (broad SMARTS) is 1. The number of carbonyl (C=O) groups is 2. The predicted molar refractivity (Wildman–Crippen MR) is 69.6 cm³/mol.